The average molecular weight is 207 g/mol. The third-order valence-corrected chi connectivity index (χ3v) is 2.34. The van der Waals surface area contributed by atoms with Gasteiger partial charge in [0.15, 0.2) is 0 Å². The Morgan fingerprint density at radius 3 is 3.07 bits per heavy atom. The molecule has 14 heavy (non-hydrogen) atoms. The highest BCUT2D eigenvalue weighted by Crippen LogP contribution is 2.22. The minimum absolute atomic E-state index is 0.556. The summed E-state index contributed by atoms with van der Waals surface area (Å²) in [5, 5.41) is 1.91. The fraction of sp³-hybridized carbons (Fsp3) is 0.0909. The molecule has 0 fully saturated rings. The number of hydrogen-bond acceptors (Lipinski definition) is 1. The lowest BCUT2D eigenvalue weighted by atomic mass is 10.1. The number of benzene rings is 1. The molecular weight excluding hydrogens is 196 g/mol. The third kappa shape index (κ3) is 1.67. The highest BCUT2D eigenvalue weighted by molar-refractivity contribution is 6.31. The predicted octanol–water partition coefficient (Wildman–Crippen LogP) is 2.79. The van der Waals surface area contributed by atoms with Gasteiger partial charge in [-0.3, -0.25) is 0 Å². The maximum absolute atomic E-state index is 5.87. The predicted molar refractivity (Wildman–Crippen MR) is 61.4 cm³/mol. The molecule has 2 aromatic rings. The molecule has 1 aromatic carbocycles. The van der Waals surface area contributed by atoms with Crippen molar-refractivity contribution in [2.75, 3.05) is 6.54 Å². The number of nitrogens with one attached hydrogen (secondary N) is 1. The van der Waals surface area contributed by atoms with Gasteiger partial charge in [-0.2, -0.15) is 0 Å². The Morgan fingerprint density at radius 2 is 2.29 bits per heavy atom. The molecule has 0 atom stereocenters. The van der Waals surface area contributed by atoms with E-state index in [2.05, 4.69) is 4.98 Å². The number of hydrogen-bond donors (Lipinski definition) is 2. The van der Waals surface area contributed by atoms with Crippen LogP contribution in [-0.4, -0.2) is 11.5 Å². The lowest BCUT2D eigenvalue weighted by Crippen LogP contribution is -1.91. The van der Waals surface area contributed by atoms with E-state index in [9.17, 15) is 0 Å². The Morgan fingerprint density at radius 1 is 1.43 bits per heavy atom. The van der Waals surface area contributed by atoms with Gasteiger partial charge in [-0.05, 0) is 17.7 Å². The molecule has 1 heterocycles. The first kappa shape index (κ1) is 9.31. The van der Waals surface area contributed by atoms with Gasteiger partial charge < -0.3 is 10.7 Å². The second kappa shape index (κ2) is 3.86. The van der Waals surface area contributed by atoms with Gasteiger partial charge in [0, 0.05) is 28.7 Å². The van der Waals surface area contributed by atoms with Gasteiger partial charge in [0.2, 0.25) is 0 Å². The molecule has 0 unspecified atom stereocenters. The summed E-state index contributed by atoms with van der Waals surface area (Å²) in [7, 11) is 0. The molecule has 0 aliphatic rings. The van der Waals surface area contributed by atoms with Gasteiger partial charge in [-0.25, -0.2) is 0 Å². The molecule has 0 radical (unpaired) electrons. The molecule has 1 aromatic heterocycles. The van der Waals surface area contributed by atoms with Crippen molar-refractivity contribution in [2.45, 2.75) is 0 Å². The molecule has 0 bridgehead atoms. The topological polar surface area (TPSA) is 41.8 Å². The standard InChI is InChI=1S/C11H11ClN2/c12-9-3-4-10-8(2-1-5-13)7-14-11(10)6-9/h1-4,6-7,14H,5,13H2. The van der Waals surface area contributed by atoms with Crippen LogP contribution in [0.5, 0.6) is 0 Å². The molecule has 2 nitrogen and oxygen atoms in total. The van der Waals surface area contributed by atoms with Gasteiger partial charge >= 0.3 is 0 Å². The van der Waals surface area contributed by atoms with E-state index in [4.69, 9.17) is 17.3 Å². The molecule has 2 rings (SSSR count). The molecule has 0 aliphatic heterocycles. The smallest absolute Gasteiger partial charge is 0.0475 e. The summed E-state index contributed by atoms with van der Waals surface area (Å²) in [5.41, 5.74) is 7.59. The second-order valence-corrected chi connectivity index (χ2v) is 3.51. The van der Waals surface area contributed by atoms with Crippen molar-refractivity contribution in [3.8, 4) is 0 Å². The number of aromatic nitrogens is 1. The number of nitrogens with two attached hydrogens (primary N) is 1. The van der Waals surface area contributed by atoms with Crippen LogP contribution in [0.4, 0.5) is 0 Å². The maximum atomic E-state index is 5.87. The molecule has 0 spiro atoms. The van der Waals surface area contributed by atoms with E-state index in [1.165, 1.54) is 5.39 Å². The van der Waals surface area contributed by atoms with Crippen molar-refractivity contribution < 1.29 is 0 Å². The highest BCUT2D eigenvalue weighted by atomic mass is 35.5. The first-order chi connectivity index (χ1) is 6.81. The lowest BCUT2D eigenvalue weighted by molar-refractivity contribution is 1.26. The van der Waals surface area contributed by atoms with Crippen molar-refractivity contribution in [3.05, 3.63) is 41.1 Å². The maximum Gasteiger partial charge on any atom is 0.0475 e. The number of rotatable bonds is 2. The normalized spacial score (nSPS) is 11.6. The van der Waals surface area contributed by atoms with Crippen LogP contribution >= 0.6 is 11.6 Å². The van der Waals surface area contributed by atoms with E-state index in [1.807, 2.05) is 36.5 Å². The molecule has 0 aliphatic carbocycles. The molecule has 3 heteroatoms. The Labute approximate surface area is 87.4 Å². The van der Waals surface area contributed by atoms with Gasteiger partial charge in [0.1, 0.15) is 0 Å². The lowest BCUT2D eigenvalue weighted by Gasteiger charge is -1.92. The summed E-state index contributed by atoms with van der Waals surface area (Å²) in [6, 6.07) is 5.80. The van der Waals surface area contributed by atoms with Crippen LogP contribution in [-0.2, 0) is 0 Å². The van der Waals surface area contributed by atoms with Crippen molar-refractivity contribution in [2.24, 2.45) is 5.73 Å². The van der Waals surface area contributed by atoms with Crippen LogP contribution in [0, 0.1) is 0 Å². The van der Waals surface area contributed by atoms with E-state index in [-0.39, 0.29) is 0 Å². The fourth-order valence-electron chi connectivity index (χ4n) is 1.45. The van der Waals surface area contributed by atoms with Crippen LogP contribution in [0.1, 0.15) is 5.56 Å². The summed E-state index contributed by atoms with van der Waals surface area (Å²) in [4.78, 5) is 3.16. The van der Waals surface area contributed by atoms with Crippen molar-refractivity contribution in [3.63, 3.8) is 0 Å². The number of halogens is 1. The first-order valence-corrected chi connectivity index (χ1v) is 4.82. The first-order valence-electron chi connectivity index (χ1n) is 4.44. The zero-order chi connectivity index (χ0) is 9.97. The van der Waals surface area contributed by atoms with Gasteiger partial charge in [-0.15, -0.1) is 0 Å². The van der Waals surface area contributed by atoms with Crippen molar-refractivity contribution >= 4 is 28.6 Å². The van der Waals surface area contributed by atoms with E-state index in [0.717, 1.165) is 16.1 Å². The van der Waals surface area contributed by atoms with E-state index in [0.29, 0.717) is 6.54 Å². The van der Waals surface area contributed by atoms with E-state index in [1.54, 1.807) is 0 Å². The van der Waals surface area contributed by atoms with Crippen molar-refractivity contribution in [1.29, 1.82) is 0 Å². The summed E-state index contributed by atoms with van der Waals surface area (Å²) in [5.74, 6) is 0. The van der Waals surface area contributed by atoms with Crippen LogP contribution in [0.25, 0.3) is 17.0 Å². The number of H-pyrrole nitrogens is 1. The third-order valence-electron chi connectivity index (χ3n) is 2.11. The Kier molecular flexibility index (Phi) is 2.57. The minimum Gasteiger partial charge on any atom is -0.361 e. The molecular formula is C11H11ClN2. The van der Waals surface area contributed by atoms with E-state index < -0.39 is 0 Å². The zero-order valence-corrected chi connectivity index (χ0v) is 8.38. The largest absolute Gasteiger partial charge is 0.361 e. The fourth-order valence-corrected chi connectivity index (χ4v) is 1.63. The molecule has 0 saturated heterocycles. The van der Waals surface area contributed by atoms with Gasteiger partial charge in [0.05, 0.1) is 0 Å². The summed E-state index contributed by atoms with van der Waals surface area (Å²) in [6.07, 6.45) is 5.89. The molecule has 0 saturated carbocycles. The highest BCUT2D eigenvalue weighted by Gasteiger charge is 2.00. The molecule has 0 amide bonds. The zero-order valence-electron chi connectivity index (χ0n) is 7.63. The average Bonchev–Trinajstić information content (AvgIpc) is 2.57. The summed E-state index contributed by atoms with van der Waals surface area (Å²) < 4.78 is 0. The van der Waals surface area contributed by atoms with Crippen molar-refractivity contribution in [1.82, 2.24) is 4.98 Å². The Bertz CT molecular complexity index is 471. The van der Waals surface area contributed by atoms with Crippen LogP contribution in [0.2, 0.25) is 5.02 Å². The Balaban J connectivity index is 2.53. The van der Waals surface area contributed by atoms with E-state index >= 15 is 0 Å². The van der Waals surface area contributed by atoms with Crippen LogP contribution < -0.4 is 5.73 Å². The summed E-state index contributed by atoms with van der Waals surface area (Å²) >= 11 is 5.87. The monoisotopic (exact) mass is 206 g/mol. The summed E-state index contributed by atoms with van der Waals surface area (Å²) in [6.45, 7) is 0.556. The van der Waals surface area contributed by atoms with Gasteiger partial charge in [-0.1, -0.05) is 29.8 Å². The SMILES string of the molecule is NCC=Cc1c[nH]c2cc(Cl)ccc12. The molecule has 3 N–H and O–H groups in total. The van der Waals surface area contributed by atoms with Crippen LogP contribution in [0.3, 0.4) is 0 Å². The minimum atomic E-state index is 0.556. The Hall–Kier alpha value is -1.25. The quantitative estimate of drug-likeness (QED) is 0.780. The molecule has 72 valence electrons. The van der Waals surface area contributed by atoms with Crippen LogP contribution in [0.15, 0.2) is 30.5 Å². The number of fused-ring (bicyclic) bond motifs is 1. The van der Waals surface area contributed by atoms with Gasteiger partial charge in [0.25, 0.3) is 0 Å². The number of aromatic amines is 1. The second-order valence-electron chi connectivity index (χ2n) is 3.07.